The van der Waals surface area contributed by atoms with Gasteiger partial charge in [-0.05, 0) is 31.7 Å². The Bertz CT molecular complexity index is 1020. The molecule has 0 saturated carbocycles. The summed E-state index contributed by atoms with van der Waals surface area (Å²) in [4.78, 5) is 26.3. The predicted molar refractivity (Wildman–Crippen MR) is 104 cm³/mol. The lowest BCUT2D eigenvalue weighted by molar-refractivity contribution is -0.138. The number of rotatable bonds is 3. The molecule has 1 amide bonds. The van der Waals surface area contributed by atoms with Crippen LogP contribution in [-0.4, -0.2) is 39.5 Å². The van der Waals surface area contributed by atoms with Crippen molar-refractivity contribution in [2.24, 2.45) is 0 Å². The number of aromatic nitrogens is 1. The quantitative estimate of drug-likeness (QED) is 0.826. The fraction of sp³-hybridized carbons (Fsp3) is 0.429. The number of hydrogen-bond donors (Lipinski definition) is 1. The van der Waals surface area contributed by atoms with Crippen molar-refractivity contribution in [3.8, 4) is 5.75 Å². The number of fused-ring (bicyclic) bond motifs is 3. The van der Waals surface area contributed by atoms with Crippen LogP contribution in [0.1, 0.15) is 48.7 Å². The molecule has 6 nitrogen and oxygen atoms in total. The molecule has 2 atom stereocenters. The van der Waals surface area contributed by atoms with Crippen LogP contribution in [0.5, 0.6) is 5.75 Å². The summed E-state index contributed by atoms with van der Waals surface area (Å²) >= 11 is 0. The Balaban J connectivity index is 1.89. The highest BCUT2D eigenvalue weighted by atomic mass is 19.4. The second-order valence-electron chi connectivity index (χ2n) is 7.94. The van der Waals surface area contributed by atoms with Gasteiger partial charge in [-0.25, -0.2) is 0 Å². The van der Waals surface area contributed by atoms with Crippen LogP contribution in [0.3, 0.4) is 0 Å². The molecule has 9 heteroatoms. The Morgan fingerprint density at radius 2 is 1.87 bits per heavy atom. The highest BCUT2D eigenvalue weighted by molar-refractivity contribution is 5.96. The number of aromatic hydroxyl groups is 1. The first kappa shape index (κ1) is 20.3. The average Bonchev–Trinajstić information content (AvgIpc) is 2.70. The van der Waals surface area contributed by atoms with Gasteiger partial charge in [0, 0.05) is 18.8 Å². The molecule has 2 aliphatic rings. The number of carbonyl (C=O) groups is 1. The molecule has 0 radical (unpaired) electrons. The molecular formula is C21H22F3N3O3. The predicted octanol–water partition coefficient (Wildman–Crippen LogP) is 3.33. The summed E-state index contributed by atoms with van der Waals surface area (Å²) in [6.45, 7) is 1.42. The lowest BCUT2D eigenvalue weighted by atomic mass is 9.81. The van der Waals surface area contributed by atoms with Gasteiger partial charge >= 0.3 is 6.18 Å². The number of nitrogens with zero attached hydrogens (tertiary/aromatic N) is 3. The van der Waals surface area contributed by atoms with Gasteiger partial charge in [-0.1, -0.05) is 30.3 Å². The van der Waals surface area contributed by atoms with Crippen LogP contribution in [0.25, 0.3) is 0 Å². The summed E-state index contributed by atoms with van der Waals surface area (Å²) in [5.41, 5.74) is -0.770. The fourth-order valence-electron chi connectivity index (χ4n) is 4.60. The van der Waals surface area contributed by atoms with Crippen LogP contribution < -0.4 is 10.4 Å². The maximum Gasteiger partial charge on any atom is 0.390 e. The van der Waals surface area contributed by atoms with E-state index in [9.17, 15) is 27.9 Å². The maximum absolute atomic E-state index is 13.1. The van der Waals surface area contributed by atoms with Crippen molar-refractivity contribution in [1.82, 2.24) is 9.58 Å². The maximum atomic E-state index is 13.1. The minimum atomic E-state index is -4.43. The van der Waals surface area contributed by atoms with Gasteiger partial charge in [0.2, 0.25) is 5.43 Å². The zero-order valence-electron chi connectivity index (χ0n) is 16.4. The summed E-state index contributed by atoms with van der Waals surface area (Å²) < 4.78 is 40.3. The molecule has 1 saturated heterocycles. The minimum Gasteiger partial charge on any atom is -0.502 e. The normalized spacial score (nSPS) is 23.9. The lowest BCUT2D eigenvalue weighted by Crippen LogP contribution is -2.69. The Labute approximate surface area is 171 Å². The van der Waals surface area contributed by atoms with Gasteiger partial charge in [0.15, 0.2) is 11.4 Å². The number of piperidine rings is 1. The van der Waals surface area contributed by atoms with Gasteiger partial charge in [0.1, 0.15) is 6.17 Å². The van der Waals surface area contributed by atoms with Crippen molar-refractivity contribution in [1.29, 1.82) is 0 Å². The van der Waals surface area contributed by atoms with Crippen molar-refractivity contribution in [2.45, 2.75) is 50.5 Å². The van der Waals surface area contributed by atoms with E-state index in [0.717, 1.165) is 16.5 Å². The van der Waals surface area contributed by atoms with E-state index in [4.69, 9.17) is 0 Å². The van der Waals surface area contributed by atoms with Crippen molar-refractivity contribution in [2.75, 3.05) is 11.6 Å². The molecule has 4 rings (SSSR count). The van der Waals surface area contributed by atoms with Crippen LogP contribution in [0.2, 0.25) is 0 Å². The van der Waals surface area contributed by atoms with E-state index in [1.165, 1.54) is 10.9 Å². The number of hydrogen-bond acceptors (Lipinski definition) is 4. The van der Waals surface area contributed by atoms with E-state index in [2.05, 4.69) is 0 Å². The molecule has 1 aromatic heterocycles. The molecule has 0 bridgehead atoms. The molecule has 2 aliphatic heterocycles. The third-order valence-corrected chi connectivity index (χ3v) is 6.05. The molecule has 1 N–H and O–H groups in total. The summed E-state index contributed by atoms with van der Waals surface area (Å²) in [5, 5.41) is 12.2. The molecule has 2 aromatic rings. The van der Waals surface area contributed by atoms with Gasteiger partial charge in [0.05, 0.1) is 12.0 Å². The van der Waals surface area contributed by atoms with Gasteiger partial charge in [0.25, 0.3) is 5.91 Å². The lowest BCUT2D eigenvalue weighted by Gasteiger charge is -2.57. The van der Waals surface area contributed by atoms with Crippen molar-refractivity contribution in [3.63, 3.8) is 0 Å². The van der Waals surface area contributed by atoms with Gasteiger partial charge in [-0.15, -0.1) is 0 Å². The number of carbonyl (C=O) groups excluding carboxylic acids is 1. The molecular weight excluding hydrogens is 399 g/mol. The molecule has 0 spiro atoms. The van der Waals surface area contributed by atoms with E-state index in [-0.39, 0.29) is 5.69 Å². The van der Waals surface area contributed by atoms with Crippen LogP contribution in [0.4, 0.5) is 13.2 Å². The van der Waals surface area contributed by atoms with Gasteiger partial charge in [-0.3, -0.25) is 19.3 Å². The zero-order chi connectivity index (χ0) is 21.7. The summed E-state index contributed by atoms with van der Waals surface area (Å²) in [5.74, 6) is -1.52. The summed E-state index contributed by atoms with van der Waals surface area (Å²) in [7, 11) is 0. The molecule has 0 aliphatic carbocycles. The minimum absolute atomic E-state index is 0.301. The fourth-order valence-corrected chi connectivity index (χ4v) is 4.60. The first-order chi connectivity index (χ1) is 14.1. The van der Waals surface area contributed by atoms with E-state index in [0.29, 0.717) is 19.3 Å². The van der Waals surface area contributed by atoms with Crippen LogP contribution >= 0.6 is 0 Å². The molecule has 3 heterocycles. The Morgan fingerprint density at radius 3 is 2.53 bits per heavy atom. The second-order valence-corrected chi connectivity index (χ2v) is 7.94. The monoisotopic (exact) mass is 421 g/mol. The van der Waals surface area contributed by atoms with Crippen molar-refractivity contribution >= 4 is 5.91 Å². The second kappa shape index (κ2) is 7.07. The van der Waals surface area contributed by atoms with E-state index in [1.807, 2.05) is 42.3 Å². The van der Waals surface area contributed by atoms with E-state index in [1.54, 1.807) is 0 Å². The third kappa shape index (κ3) is 3.22. The van der Waals surface area contributed by atoms with Gasteiger partial charge < -0.3 is 10.0 Å². The Kier molecular flexibility index (Phi) is 4.79. The van der Waals surface area contributed by atoms with Crippen molar-refractivity contribution in [3.05, 3.63) is 64.1 Å². The molecule has 2 unspecified atom stereocenters. The van der Waals surface area contributed by atoms with Crippen LogP contribution in [-0.2, 0) is 5.54 Å². The highest BCUT2D eigenvalue weighted by Crippen LogP contribution is 2.43. The standard InChI is InChI=1S/C21H22F3N3O3/c1-20(14-6-3-2-4-7-14)10-5-8-16-25(13-11-21(22,23)24)19(30)17-18(29)15(28)9-12-26(17)27(16)20/h2-4,6-7,9,12,16,29H,5,8,10-11,13H2,1H3. The molecule has 1 aromatic carbocycles. The van der Waals surface area contributed by atoms with Crippen molar-refractivity contribution < 1.29 is 23.1 Å². The summed E-state index contributed by atoms with van der Waals surface area (Å²) in [6, 6.07) is 10.7. The number of halogens is 3. The number of pyridine rings is 1. The molecule has 160 valence electrons. The molecule has 1 fully saturated rings. The zero-order valence-corrected chi connectivity index (χ0v) is 16.4. The third-order valence-electron chi connectivity index (χ3n) is 6.05. The first-order valence-electron chi connectivity index (χ1n) is 9.81. The number of amides is 1. The Hall–Kier alpha value is -2.97. The first-order valence-corrected chi connectivity index (χ1v) is 9.81. The largest absolute Gasteiger partial charge is 0.502 e. The smallest absolute Gasteiger partial charge is 0.390 e. The molecule has 30 heavy (non-hydrogen) atoms. The number of alkyl halides is 3. The summed E-state index contributed by atoms with van der Waals surface area (Å²) in [6.07, 6.45) is -2.92. The van der Waals surface area contributed by atoms with E-state index >= 15 is 0 Å². The van der Waals surface area contributed by atoms with E-state index < -0.39 is 47.9 Å². The van der Waals surface area contributed by atoms with Crippen LogP contribution in [0.15, 0.2) is 47.4 Å². The highest BCUT2D eigenvalue weighted by Gasteiger charge is 2.50. The topological polar surface area (TPSA) is 65.8 Å². The van der Waals surface area contributed by atoms with Gasteiger partial charge in [-0.2, -0.15) is 13.2 Å². The number of benzene rings is 1. The Morgan fingerprint density at radius 1 is 1.17 bits per heavy atom. The van der Waals surface area contributed by atoms with Crippen LogP contribution in [0, 0.1) is 0 Å². The average molecular weight is 421 g/mol. The SMILES string of the molecule is CC1(c2ccccc2)CCCC2N(CCC(F)(F)F)C(=O)c3c(O)c(=O)ccn3N21.